The van der Waals surface area contributed by atoms with E-state index in [2.05, 4.69) is 15.2 Å². The number of anilines is 2. The van der Waals surface area contributed by atoms with Crippen molar-refractivity contribution in [2.75, 3.05) is 36.9 Å². The number of hydrogen-bond donors (Lipinski definition) is 2. The second-order valence-electron chi connectivity index (χ2n) is 5.38. The molecule has 1 aromatic carbocycles. The zero-order valence-corrected chi connectivity index (χ0v) is 12.9. The zero-order valence-electron chi connectivity index (χ0n) is 12.9. The number of carbonyl (C=O) groups is 1. The van der Waals surface area contributed by atoms with Gasteiger partial charge in [0, 0.05) is 42.6 Å². The molecule has 6 nitrogen and oxygen atoms in total. The van der Waals surface area contributed by atoms with E-state index in [4.69, 9.17) is 10.5 Å². The van der Waals surface area contributed by atoms with Gasteiger partial charge in [0.05, 0.1) is 13.2 Å². The number of rotatable bonds is 4. The van der Waals surface area contributed by atoms with Gasteiger partial charge in [0.1, 0.15) is 5.82 Å². The van der Waals surface area contributed by atoms with E-state index in [1.807, 2.05) is 30.3 Å². The summed E-state index contributed by atoms with van der Waals surface area (Å²) in [6.07, 6.45) is 1.63. The number of hydrogen-bond acceptors (Lipinski definition) is 5. The van der Waals surface area contributed by atoms with Crippen LogP contribution in [0.2, 0.25) is 0 Å². The molecule has 0 bridgehead atoms. The van der Waals surface area contributed by atoms with E-state index in [1.54, 1.807) is 12.3 Å². The molecule has 1 aliphatic heterocycles. The van der Waals surface area contributed by atoms with Crippen LogP contribution < -0.4 is 16.0 Å². The van der Waals surface area contributed by atoms with Gasteiger partial charge in [0.25, 0.3) is 5.91 Å². The van der Waals surface area contributed by atoms with Crippen LogP contribution in [0.4, 0.5) is 11.5 Å². The Morgan fingerprint density at radius 2 is 1.96 bits per heavy atom. The van der Waals surface area contributed by atoms with Gasteiger partial charge in [0.15, 0.2) is 0 Å². The van der Waals surface area contributed by atoms with Crippen LogP contribution in [0.3, 0.4) is 0 Å². The minimum Gasteiger partial charge on any atom is -0.383 e. The van der Waals surface area contributed by atoms with Gasteiger partial charge in [-0.3, -0.25) is 4.79 Å². The first-order valence-corrected chi connectivity index (χ1v) is 7.64. The molecule has 0 saturated carbocycles. The summed E-state index contributed by atoms with van der Waals surface area (Å²) >= 11 is 0. The van der Waals surface area contributed by atoms with Gasteiger partial charge in [0.2, 0.25) is 0 Å². The largest absolute Gasteiger partial charge is 0.383 e. The number of aromatic nitrogens is 1. The quantitative estimate of drug-likeness (QED) is 0.893. The fourth-order valence-corrected chi connectivity index (χ4v) is 2.52. The Hall–Kier alpha value is -2.60. The van der Waals surface area contributed by atoms with E-state index in [9.17, 15) is 4.79 Å². The van der Waals surface area contributed by atoms with Crippen molar-refractivity contribution >= 4 is 17.4 Å². The van der Waals surface area contributed by atoms with E-state index in [0.717, 1.165) is 37.6 Å². The first-order valence-electron chi connectivity index (χ1n) is 7.64. The lowest BCUT2D eigenvalue weighted by Crippen LogP contribution is -2.36. The molecule has 6 heteroatoms. The van der Waals surface area contributed by atoms with Crippen molar-refractivity contribution in [3.8, 4) is 0 Å². The molecule has 0 spiro atoms. The second kappa shape index (κ2) is 7.11. The van der Waals surface area contributed by atoms with Crippen molar-refractivity contribution in [2.45, 2.75) is 6.54 Å². The number of nitrogens with zero attached hydrogens (tertiary/aromatic N) is 2. The molecule has 0 radical (unpaired) electrons. The van der Waals surface area contributed by atoms with E-state index in [0.29, 0.717) is 17.9 Å². The molecule has 120 valence electrons. The molecule has 2 heterocycles. The second-order valence-corrected chi connectivity index (χ2v) is 5.38. The summed E-state index contributed by atoms with van der Waals surface area (Å²) in [5.41, 5.74) is 8.32. The van der Waals surface area contributed by atoms with Crippen LogP contribution in [0.25, 0.3) is 0 Å². The standard InChI is InChI=1S/C17H20N4O2/c18-16-14(2-1-7-19-16)12-20-17(22)13-3-5-15(6-4-13)21-8-10-23-11-9-21/h1-7H,8-12H2,(H2,18,19)(H,20,22). The summed E-state index contributed by atoms with van der Waals surface area (Å²) < 4.78 is 5.35. The molecule has 1 saturated heterocycles. The maximum atomic E-state index is 12.2. The third kappa shape index (κ3) is 3.78. The number of morpholine rings is 1. The van der Waals surface area contributed by atoms with Gasteiger partial charge in [-0.1, -0.05) is 6.07 Å². The molecule has 1 amide bonds. The predicted molar refractivity (Wildman–Crippen MR) is 89.3 cm³/mol. The summed E-state index contributed by atoms with van der Waals surface area (Å²) in [5, 5.41) is 2.86. The highest BCUT2D eigenvalue weighted by molar-refractivity contribution is 5.94. The summed E-state index contributed by atoms with van der Waals surface area (Å²) in [4.78, 5) is 18.5. The van der Waals surface area contributed by atoms with Gasteiger partial charge >= 0.3 is 0 Å². The molecular weight excluding hydrogens is 292 g/mol. The average Bonchev–Trinajstić information content (AvgIpc) is 2.62. The summed E-state index contributed by atoms with van der Waals surface area (Å²) in [7, 11) is 0. The number of pyridine rings is 1. The van der Waals surface area contributed by atoms with Gasteiger partial charge in [-0.15, -0.1) is 0 Å². The molecular formula is C17H20N4O2. The van der Waals surface area contributed by atoms with Gasteiger partial charge < -0.3 is 20.7 Å². The Bertz CT molecular complexity index is 667. The fraction of sp³-hybridized carbons (Fsp3) is 0.294. The lowest BCUT2D eigenvalue weighted by atomic mass is 10.1. The summed E-state index contributed by atoms with van der Waals surface area (Å²) in [6, 6.07) is 11.3. The monoisotopic (exact) mass is 312 g/mol. The minimum absolute atomic E-state index is 0.123. The molecule has 0 unspecified atom stereocenters. The molecule has 3 rings (SSSR count). The maximum Gasteiger partial charge on any atom is 0.251 e. The highest BCUT2D eigenvalue weighted by atomic mass is 16.5. The Balaban J connectivity index is 1.60. The average molecular weight is 312 g/mol. The molecule has 0 aliphatic carbocycles. The zero-order chi connectivity index (χ0) is 16.1. The lowest BCUT2D eigenvalue weighted by molar-refractivity contribution is 0.0951. The third-order valence-corrected chi connectivity index (χ3v) is 3.87. The summed E-state index contributed by atoms with van der Waals surface area (Å²) in [5.74, 6) is 0.317. The number of ether oxygens (including phenoxy) is 1. The molecule has 2 aromatic rings. The fourth-order valence-electron chi connectivity index (χ4n) is 2.52. The predicted octanol–water partition coefficient (Wildman–Crippen LogP) is 1.43. The van der Waals surface area contributed by atoms with Crippen molar-refractivity contribution in [2.24, 2.45) is 0 Å². The van der Waals surface area contributed by atoms with Crippen LogP contribution >= 0.6 is 0 Å². The SMILES string of the molecule is Nc1ncccc1CNC(=O)c1ccc(N2CCOCC2)cc1. The number of nitrogen functional groups attached to an aromatic ring is 1. The van der Waals surface area contributed by atoms with E-state index < -0.39 is 0 Å². The maximum absolute atomic E-state index is 12.2. The van der Waals surface area contributed by atoms with Gasteiger partial charge in [-0.05, 0) is 30.3 Å². The van der Waals surface area contributed by atoms with Gasteiger partial charge in [-0.25, -0.2) is 4.98 Å². The molecule has 3 N–H and O–H groups in total. The van der Waals surface area contributed by atoms with Crippen molar-refractivity contribution in [1.29, 1.82) is 0 Å². The molecule has 1 aliphatic rings. The van der Waals surface area contributed by atoms with Crippen LogP contribution in [0.5, 0.6) is 0 Å². The van der Waals surface area contributed by atoms with Crippen LogP contribution in [-0.4, -0.2) is 37.2 Å². The first kappa shape index (κ1) is 15.3. The van der Waals surface area contributed by atoms with Crippen molar-refractivity contribution < 1.29 is 9.53 Å². The van der Waals surface area contributed by atoms with E-state index in [-0.39, 0.29) is 5.91 Å². The molecule has 0 atom stereocenters. The van der Waals surface area contributed by atoms with Crippen molar-refractivity contribution in [1.82, 2.24) is 10.3 Å². The molecule has 1 fully saturated rings. The minimum atomic E-state index is -0.123. The number of carbonyl (C=O) groups excluding carboxylic acids is 1. The van der Waals surface area contributed by atoms with Crippen molar-refractivity contribution in [3.05, 3.63) is 53.7 Å². The molecule has 1 aromatic heterocycles. The number of nitrogens with two attached hydrogens (primary N) is 1. The van der Waals surface area contributed by atoms with E-state index >= 15 is 0 Å². The summed E-state index contributed by atoms with van der Waals surface area (Å²) in [6.45, 7) is 3.62. The normalized spacial score (nSPS) is 14.5. The Kier molecular flexibility index (Phi) is 4.73. The number of nitrogens with one attached hydrogen (secondary N) is 1. The highest BCUT2D eigenvalue weighted by Gasteiger charge is 2.12. The van der Waals surface area contributed by atoms with Crippen LogP contribution in [0, 0.1) is 0 Å². The topological polar surface area (TPSA) is 80.5 Å². The smallest absolute Gasteiger partial charge is 0.251 e. The lowest BCUT2D eigenvalue weighted by Gasteiger charge is -2.28. The third-order valence-electron chi connectivity index (χ3n) is 3.87. The Labute approximate surface area is 135 Å². The van der Waals surface area contributed by atoms with Crippen LogP contribution in [-0.2, 0) is 11.3 Å². The highest BCUT2D eigenvalue weighted by Crippen LogP contribution is 2.16. The van der Waals surface area contributed by atoms with Gasteiger partial charge in [-0.2, -0.15) is 0 Å². The molecule has 23 heavy (non-hydrogen) atoms. The Morgan fingerprint density at radius 3 is 2.65 bits per heavy atom. The van der Waals surface area contributed by atoms with Crippen molar-refractivity contribution in [3.63, 3.8) is 0 Å². The van der Waals surface area contributed by atoms with E-state index in [1.165, 1.54) is 0 Å². The number of benzene rings is 1. The number of amides is 1. The van der Waals surface area contributed by atoms with Crippen LogP contribution in [0.15, 0.2) is 42.6 Å². The van der Waals surface area contributed by atoms with Crippen LogP contribution in [0.1, 0.15) is 15.9 Å². The first-order chi connectivity index (χ1) is 11.2. The Morgan fingerprint density at radius 1 is 1.22 bits per heavy atom.